The van der Waals surface area contributed by atoms with E-state index in [0.717, 1.165) is 17.0 Å². The number of halogens is 1. The van der Waals surface area contributed by atoms with Crippen LogP contribution in [0.2, 0.25) is 0 Å². The lowest BCUT2D eigenvalue weighted by molar-refractivity contribution is 0.0692. The van der Waals surface area contributed by atoms with Gasteiger partial charge in [0.15, 0.2) is 0 Å². The minimum Gasteiger partial charge on any atom is -0.464 e. The van der Waals surface area contributed by atoms with E-state index < -0.39 is 0 Å². The number of hydrogen-bond acceptors (Lipinski definition) is 3. The number of hydrazone groups is 1. The largest absolute Gasteiger partial charge is 0.464 e. The van der Waals surface area contributed by atoms with Crippen molar-refractivity contribution in [3.05, 3.63) is 95.2 Å². The second-order valence-electron chi connectivity index (χ2n) is 6.24. The molecule has 1 unspecified atom stereocenters. The van der Waals surface area contributed by atoms with Gasteiger partial charge in [0.2, 0.25) is 0 Å². The second kappa shape index (κ2) is 6.59. The maximum atomic E-state index is 13.2. The lowest BCUT2D eigenvalue weighted by Crippen LogP contribution is -2.26. The molecule has 1 aliphatic rings. The van der Waals surface area contributed by atoms with Gasteiger partial charge in [-0.15, -0.1) is 0 Å². The molecule has 4 nitrogen and oxygen atoms in total. The van der Waals surface area contributed by atoms with Gasteiger partial charge in [-0.3, -0.25) is 4.79 Å². The Hall–Kier alpha value is -3.21. The van der Waals surface area contributed by atoms with Gasteiger partial charge in [-0.2, -0.15) is 5.10 Å². The number of carbonyl (C=O) groups is 1. The fourth-order valence-electron chi connectivity index (χ4n) is 3.08. The van der Waals surface area contributed by atoms with E-state index in [9.17, 15) is 9.18 Å². The first kappa shape index (κ1) is 16.3. The first-order chi connectivity index (χ1) is 12.6. The van der Waals surface area contributed by atoms with Crippen LogP contribution in [-0.4, -0.2) is 16.6 Å². The third-order valence-electron chi connectivity index (χ3n) is 4.41. The molecule has 5 heteroatoms. The molecule has 0 N–H and O–H groups in total. The zero-order chi connectivity index (χ0) is 18.1. The van der Waals surface area contributed by atoms with Gasteiger partial charge in [0.1, 0.15) is 23.4 Å². The molecule has 0 radical (unpaired) electrons. The maximum absolute atomic E-state index is 13.2. The van der Waals surface area contributed by atoms with Crippen LogP contribution in [0.1, 0.15) is 39.9 Å². The van der Waals surface area contributed by atoms with E-state index in [4.69, 9.17) is 4.42 Å². The average Bonchev–Trinajstić information content (AvgIpc) is 3.29. The number of carbonyl (C=O) groups excluding carboxylic acids is 1. The van der Waals surface area contributed by atoms with E-state index in [0.29, 0.717) is 17.7 Å². The number of benzene rings is 2. The highest BCUT2D eigenvalue weighted by Gasteiger charge is 2.35. The Morgan fingerprint density at radius 2 is 1.81 bits per heavy atom. The van der Waals surface area contributed by atoms with Crippen molar-refractivity contribution in [3.8, 4) is 0 Å². The van der Waals surface area contributed by atoms with Gasteiger partial charge >= 0.3 is 0 Å². The van der Waals surface area contributed by atoms with Crippen LogP contribution in [0.25, 0.3) is 0 Å². The van der Waals surface area contributed by atoms with Crippen LogP contribution < -0.4 is 0 Å². The van der Waals surface area contributed by atoms with Crippen LogP contribution in [0.15, 0.2) is 76.2 Å². The predicted molar refractivity (Wildman–Crippen MR) is 96.4 cm³/mol. The van der Waals surface area contributed by atoms with Gasteiger partial charge in [-0.05, 0) is 48.9 Å². The second-order valence-corrected chi connectivity index (χ2v) is 6.24. The van der Waals surface area contributed by atoms with Crippen molar-refractivity contribution in [2.45, 2.75) is 19.4 Å². The quantitative estimate of drug-likeness (QED) is 0.687. The molecular weight excluding hydrogens is 331 g/mol. The Morgan fingerprint density at radius 3 is 2.46 bits per heavy atom. The molecule has 4 rings (SSSR count). The standard InChI is InChI=1S/C21H17FN2O2/c1-14-7-12-20(26-14)19-13-18(15-5-3-2-4-6-15)23-24(19)21(25)16-8-10-17(22)11-9-16/h2-12,19H,13H2,1H3. The van der Waals surface area contributed by atoms with Gasteiger partial charge < -0.3 is 4.42 Å². The molecule has 0 bridgehead atoms. The number of amides is 1. The number of furan rings is 1. The fourth-order valence-corrected chi connectivity index (χ4v) is 3.08. The summed E-state index contributed by atoms with van der Waals surface area (Å²) in [6.45, 7) is 1.86. The van der Waals surface area contributed by atoms with Crippen LogP contribution in [0.5, 0.6) is 0 Å². The summed E-state index contributed by atoms with van der Waals surface area (Å²) in [6.07, 6.45) is 0.559. The van der Waals surface area contributed by atoms with Crippen molar-refractivity contribution in [2.24, 2.45) is 5.10 Å². The zero-order valence-corrected chi connectivity index (χ0v) is 14.2. The molecule has 0 spiro atoms. The van der Waals surface area contributed by atoms with E-state index in [-0.39, 0.29) is 17.8 Å². The number of aryl methyl sites for hydroxylation is 1. The van der Waals surface area contributed by atoms with Crippen molar-refractivity contribution in [1.82, 2.24) is 5.01 Å². The third-order valence-corrected chi connectivity index (χ3v) is 4.41. The zero-order valence-electron chi connectivity index (χ0n) is 14.2. The Labute approximate surface area is 150 Å². The molecule has 2 aromatic carbocycles. The summed E-state index contributed by atoms with van der Waals surface area (Å²) in [7, 11) is 0. The monoisotopic (exact) mass is 348 g/mol. The van der Waals surface area contributed by atoms with E-state index in [1.807, 2.05) is 49.4 Å². The summed E-state index contributed by atoms with van der Waals surface area (Å²) in [6, 6.07) is 18.7. The lowest BCUT2D eigenvalue weighted by Gasteiger charge is -2.20. The van der Waals surface area contributed by atoms with Crippen molar-refractivity contribution >= 4 is 11.6 Å². The molecule has 0 aliphatic carbocycles. The molecule has 2 heterocycles. The van der Waals surface area contributed by atoms with Gasteiger partial charge in [-0.25, -0.2) is 9.40 Å². The van der Waals surface area contributed by atoms with E-state index >= 15 is 0 Å². The normalized spacial score (nSPS) is 16.6. The van der Waals surface area contributed by atoms with Gasteiger partial charge in [0.05, 0.1) is 5.71 Å². The summed E-state index contributed by atoms with van der Waals surface area (Å²) < 4.78 is 18.9. The van der Waals surface area contributed by atoms with Crippen molar-refractivity contribution < 1.29 is 13.6 Å². The molecular formula is C21H17FN2O2. The lowest BCUT2D eigenvalue weighted by atomic mass is 10.0. The summed E-state index contributed by atoms with van der Waals surface area (Å²) in [5.41, 5.74) is 2.17. The van der Waals surface area contributed by atoms with Crippen LogP contribution >= 0.6 is 0 Å². The van der Waals surface area contributed by atoms with Gasteiger partial charge in [-0.1, -0.05) is 30.3 Å². The Morgan fingerprint density at radius 1 is 1.08 bits per heavy atom. The fraction of sp³-hybridized carbons (Fsp3) is 0.143. The highest BCUT2D eigenvalue weighted by molar-refractivity contribution is 6.04. The number of rotatable bonds is 3. The SMILES string of the molecule is Cc1ccc(C2CC(c3ccccc3)=NN2C(=O)c2ccc(F)cc2)o1. The van der Waals surface area contributed by atoms with Crippen molar-refractivity contribution in [2.75, 3.05) is 0 Å². The van der Waals surface area contributed by atoms with Crippen LogP contribution in [0, 0.1) is 12.7 Å². The molecule has 130 valence electrons. The van der Waals surface area contributed by atoms with Gasteiger partial charge in [0.25, 0.3) is 5.91 Å². The first-order valence-electron chi connectivity index (χ1n) is 8.40. The molecule has 26 heavy (non-hydrogen) atoms. The predicted octanol–water partition coefficient (Wildman–Crippen LogP) is 4.72. The first-order valence-corrected chi connectivity index (χ1v) is 8.40. The molecule has 0 fully saturated rings. The maximum Gasteiger partial charge on any atom is 0.274 e. The molecule has 3 aromatic rings. The Kier molecular flexibility index (Phi) is 4.13. The number of nitrogens with zero attached hydrogens (tertiary/aromatic N) is 2. The van der Waals surface area contributed by atoms with Crippen LogP contribution in [0.4, 0.5) is 4.39 Å². The Balaban J connectivity index is 1.72. The molecule has 0 saturated heterocycles. The minimum absolute atomic E-state index is 0.282. The molecule has 1 amide bonds. The summed E-state index contributed by atoms with van der Waals surface area (Å²) in [4.78, 5) is 13.0. The third kappa shape index (κ3) is 3.04. The van der Waals surface area contributed by atoms with E-state index in [1.54, 1.807) is 0 Å². The molecule has 0 saturated carbocycles. The molecule has 1 atom stereocenters. The van der Waals surface area contributed by atoms with Gasteiger partial charge in [0, 0.05) is 12.0 Å². The van der Waals surface area contributed by atoms with Crippen LogP contribution in [0.3, 0.4) is 0 Å². The highest BCUT2D eigenvalue weighted by atomic mass is 19.1. The summed E-state index contributed by atoms with van der Waals surface area (Å²) in [5, 5.41) is 6.01. The van der Waals surface area contributed by atoms with Crippen molar-refractivity contribution in [3.63, 3.8) is 0 Å². The molecule has 1 aliphatic heterocycles. The minimum atomic E-state index is -0.380. The van der Waals surface area contributed by atoms with E-state index in [2.05, 4.69) is 5.10 Å². The smallest absolute Gasteiger partial charge is 0.274 e. The topological polar surface area (TPSA) is 45.8 Å². The average molecular weight is 348 g/mol. The Bertz CT molecular complexity index is 961. The van der Waals surface area contributed by atoms with Crippen molar-refractivity contribution in [1.29, 1.82) is 0 Å². The number of hydrogen-bond donors (Lipinski definition) is 0. The van der Waals surface area contributed by atoms with Crippen LogP contribution in [-0.2, 0) is 0 Å². The van der Waals surface area contributed by atoms with E-state index in [1.165, 1.54) is 29.3 Å². The summed E-state index contributed by atoms with van der Waals surface area (Å²) in [5.74, 6) is 0.805. The summed E-state index contributed by atoms with van der Waals surface area (Å²) >= 11 is 0. The molecule has 1 aromatic heterocycles. The highest BCUT2D eigenvalue weighted by Crippen LogP contribution is 2.34.